The van der Waals surface area contributed by atoms with E-state index in [0.29, 0.717) is 31.5 Å². The van der Waals surface area contributed by atoms with Gasteiger partial charge in [0, 0.05) is 11.5 Å². The second-order valence-corrected chi connectivity index (χ2v) is 5.16. The Morgan fingerprint density at radius 2 is 2.37 bits per heavy atom. The molecule has 3 N–H and O–H groups in total. The quantitative estimate of drug-likeness (QED) is 0.716. The van der Waals surface area contributed by atoms with E-state index in [0.717, 1.165) is 11.3 Å². The number of aromatic nitrogens is 2. The van der Waals surface area contributed by atoms with Crippen LogP contribution in [0.15, 0.2) is 0 Å². The minimum absolute atomic E-state index is 0.140. The third-order valence-corrected chi connectivity index (χ3v) is 3.71. The summed E-state index contributed by atoms with van der Waals surface area (Å²) >= 11 is 0. The largest absolute Gasteiger partial charge is 0.369 e. The van der Waals surface area contributed by atoms with Gasteiger partial charge in [0.15, 0.2) is 0 Å². The van der Waals surface area contributed by atoms with Crippen molar-refractivity contribution in [2.24, 2.45) is 11.7 Å². The van der Waals surface area contributed by atoms with Crippen molar-refractivity contribution in [2.75, 3.05) is 0 Å². The number of amides is 2. The molecule has 7 nitrogen and oxygen atoms in total. The van der Waals surface area contributed by atoms with Crippen molar-refractivity contribution in [1.82, 2.24) is 15.3 Å². The number of nitrogens with two attached hydrogens (primary N) is 1. The lowest BCUT2D eigenvalue weighted by atomic mass is 9.86. The van der Waals surface area contributed by atoms with Crippen molar-refractivity contribution in [1.29, 1.82) is 0 Å². The predicted octanol–water partition coefficient (Wildman–Crippen LogP) is -0.463. The molecular formula is C12H16N4O3. The third-order valence-electron chi connectivity index (χ3n) is 3.71. The fourth-order valence-corrected chi connectivity index (χ4v) is 2.74. The van der Waals surface area contributed by atoms with Crippen LogP contribution >= 0.6 is 0 Å². The zero-order chi connectivity index (χ0) is 13.6. The molecule has 1 aromatic heterocycles. The van der Waals surface area contributed by atoms with Crippen LogP contribution in [0.1, 0.15) is 35.1 Å². The highest BCUT2D eigenvalue weighted by Gasteiger charge is 2.33. The lowest BCUT2D eigenvalue weighted by Gasteiger charge is -2.18. The molecule has 0 spiro atoms. The number of hydroxylamine groups is 1. The molecule has 2 heterocycles. The Morgan fingerprint density at radius 3 is 3.11 bits per heavy atom. The fraction of sp³-hybridized carbons (Fsp3) is 0.583. The van der Waals surface area contributed by atoms with Crippen molar-refractivity contribution in [3.8, 4) is 0 Å². The molecule has 1 aliphatic heterocycles. The van der Waals surface area contributed by atoms with Crippen molar-refractivity contribution in [2.45, 2.75) is 38.8 Å². The number of carbonyl (C=O) groups excluding carboxylic acids is 2. The number of nitrogens with zero attached hydrogens (tertiary/aromatic N) is 2. The Hall–Kier alpha value is -1.89. The normalized spacial score (nSPS) is 26.1. The van der Waals surface area contributed by atoms with Gasteiger partial charge in [-0.1, -0.05) is 0 Å². The lowest BCUT2D eigenvalue weighted by Crippen LogP contribution is -2.30. The highest BCUT2D eigenvalue weighted by Crippen LogP contribution is 2.28. The van der Waals surface area contributed by atoms with Crippen LogP contribution in [0.3, 0.4) is 0 Å². The molecule has 102 valence electrons. The van der Waals surface area contributed by atoms with Gasteiger partial charge in [-0.3, -0.25) is 19.1 Å². The molecule has 0 radical (unpaired) electrons. The fourth-order valence-electron chi connectivity index (χ4n) is 2.74. The zero-order valence-electron chi connectivity index (χ0n) is 10.7. The molecule has 0 bridgehead atoms. The summed E-state index contributed by atoms with van der Waals surface area (Å²) in [4.78, 5) is 28.5. The maximum Gasteiger partial charge on any atom is 0.293 e. The van der Waals surface area contributed by atoms with Crippen LogP contribution in [0.5, 0.6) is 0 Å². The second-order valence-electron chi connectivity index (χ2n) is 5.16. The van der Waals surface area contributed by atoms with Crippen LogP contribution in [-0.2, 0) is 29.0 Å². The Balaban J connectivity index is 2.02. The summed E-state index contributed by atoms with van der Waals surface area (Å²) in [5.41, 5.74) is 10.0. The van der Waals surface area contributed by atoms with Crippen LogP contribution in [0.25, 0.3) is 0 Å². The van der Waals surface area contributed by atoms with Crippen LogP contribution in [0.4, 0.5) is 0 Å². The molecule has 7 heteroatoms. The standard InChI is InChI=1S/C12H16N4O3/c1-6-5-16-10(12(18)15-19-6)8-4-7(11(13)17)2-3-9(8)14-16/h6-7H,2-5H2,1H3,(H2,13,17)(H,15,18). The number of aryl methyl sites for hydroxylation is 1. The Morgan fingerprint density at radius 1 is 1.58 bits per heavy atom. The average molecular weight is 264 g/mol. The number of nitrogens with one attached hydrogen (secondary N) is 1. The molecule has 0 aromatic carbocycles. The predicted molar refractivity (Wildman–Crippen MR) is 64.9 cm³/mol. The summed E-state index contributed by atoms with van der Waals surface area (Å²) in [6.45, 7) is 2.38. The maximum atomic E-state index is 12.0. The van der Waals surface area contributed by atoms with Gasteiger partial charge >= 0.3 is 0 Å². The highest BCUT2D eigenvalue weighted by atomic mass is 16.7. The first-order valence-electron chi connectivity index (χ1n) is 6.40. The Kier molecular flexibility index (Phi) is 2.78. The number of rotatable bonds is 1. The molecule has 2 amide bonds. The highest BCUT2D eigenvalue weighted by molar-refractivity contribution is 5.94. The van der Waals surface area contributed by atoms with Crippen LogP contribution in [-0.4, -0.2) is 27.7 Å². The van der Waals surface area contributed by atoms with E-state index < -0.39 is 0 Å². The Bertz CT molecular complexity index is 551. The number of fused-ring (bicyclic) bond motifs is 3. The van der Waals surface area contributed by atoms with Crippen LogP contribution in [0.2, 0.25) is 0 Å². The molecule has 3 rings (SSSR count). The first-order valence-corrected chi connectivity index (χ1v) is 6.40. The number of carbonyl (C=O) groups is 2. The minimum atomic E-state index is -0.316. The summed E-state index contributed by atoms with van der Waals surface area (Å²) < 4.78 is 1.68. The molecule has 0 saturated heterocycles. The average Bonchev–Trinajstić information content (AvgIpc) is 2.65. The van der Waals surface area contributed by atoms with Gasteiger partial charge in [0.25, 0.3) is 5.91 Å². The van der Waals surface area contributed by atoms with Gasteiger partial charge in [0.1, 0.15) is 11.8 Å². The Labute approximate surface area is 110 Å². The van der Waals surface area contributed by atoms with E-state index in [4.69, 9.17) is 10.6 Å². The van der Waals surface area contributed by atoms with E-state index in [-0.39, 0.29) is 23.8 Å². The van der Waals surface area contributed by atoms with Crippen molar-refractivity contribution >= 4 is 11.8 Å². The van der Waals surface area contributed by atoms with Gasteiger partial charge in [-0.2, -0.15) is 5.10 Å². The molecule has 1 aliphatic carbocycles. The number of hydrogen-bond donors (Lipinski definition) is 2. The van der Waals surface area contributed by atoms with E-state index in [1.165, 1.54) is 0 Å². The first-order chi connectivity index (χ1) is 9.06. The third kappa shape index (κ3) is 1.99. The van der Waals surface area contributed by atoms with Crippen molar-refractivity contribution in [3.05, 3.63) is 17.0 Å². The van der Waals surface area contributed by atoms with Gasteiger partial charge in [-0.15, -0.1) is 0 Å². The lowest BCUT2D eigenvalue weighted by molar-refractivity contribution is -0.122. The summed E-state index contributed by atoms with van der Waals surface area (Å²) in [6, 6.07) is 0. The zero-order valence-corrected chi connectivity index (χ0v) is 10.7. The first kappa shape index (κ1) is 12.2. The van der Waals surface area contributed by atoms with E-state index in [1.54, 1.807) is 4.68 Å². The smallest absolute Gasteiger partial charge is 0.293 e. The minimum Gasteiger partial charge on any atom is -0.369 e. The van der Waals surface area contributed by atoms with Crippen molar-refractivity contribution < 1.29 is 14.4 Å². The molecule has 2 unspecified atom stereocenters. The van der Waals surface area contributed by atoms with Crippen molar-refractivity contribution in [3.63, 3.8) is 0 Å². The van der Waals surface area contributed by atoms with Gasteiger partial charge in [-0.25, -0.2) is 5.48 Å². The topological polar surface area (TPSA) is 99.2 Å². The molecule has 2 atom stereocenters. The van der Waals surface area contributed by atoms with E-state index in [2.05, 4.69) is 10.6 Å². The summed E-state index contributed by atoms with van der Waals surface area (Å²) in [6.07, 6.45) is 1.73. The van der Waals surface area contributed by atoms with E-state index >= 15 is 0 Å². The van der Waals surface area contributed by atoms with Gasteiger partial charge in [0.05, 0.1) is 12.2 Å². The van der Waals surface area contributed by atoms with Gasteiger partial charge in [-0.05, 0) is 26.2 Å². The van der Waals surface area contributed by atoms with Crippen LogP contribution in [0, 0.1) is 5.92 Å². The molecule has 1 aromatic rings. The van der Waals surface area contributed by atoms with E-state index in [1.807, 2.05) is 6.92 Å². The molecule has 2 aliphatic rings. The second kappa shape index (κ2) is 4.34. The van der Waals surface area contributed by atoms with Gasteiger partial charge < -0.3 is 5.73 Å². The van der Waals surface area contributed by atoms with Gasteiger partial charge in [0.2, 0.25) is 5.91 Å². The SMILES string of the molecule is CC1Cn2nc3c(c2C(=O)NO1)CC(C(N)=O)CC3. The van der Waals surface area contributed by atoms with Crippen LogP contribution < -0.4 is 11.2 Å². The summed E-state index contributed by atoms with van der Waals surface area (Å²) in [5, 5.41) is 4.47. The molecule has 0 fully saturated rings. The monoisotopic (exact) mass is 264 g/mol. The number of hydrogen-bond acceptors (Lipinski definition) is 4. The maximum absolute atomic E-state index is 12.0. The summed E-state index contributed by atoms with van der Waals surface area (Å²) in [5.74, 6) is -0.830. The molecule has 19 heavy (non-hydrogen) atoms. The number of primary amides is 1. The molecular weight excluding hydrogens is 248 g/mol. The summed E-state index contributed by atoms with van der Waals surface area (Å²) in [7, 11) is 0. The molecule has 0 saturated carbocycles. The van der Waals surface area contributed by atoms with E-state index in [9.17, 15) is 9.59 Å².